The summed E-state index contributed by atoms with van der Waals surface area (Å²) in [7, 11) is 0. The molecule has 1 atom stereocenters. The summed E-state index contributed by atoms with van der Waals surface area (Å²) < 4.78 is 0. The molecule has 1 aliphatic rings. The Morgan fingerprint density at radius 2 is 2.38 bits per heavy atom. The summed E-state index contributed by atoms with van der Waals surface area (Å²) in [6.07, 6.45) is 3.01. The Morgan fingerprint density at radius 1 is 1.75 bits per heavy atom. The maximum Gasteiger partial charge on any atom is 0.0638 e. The summed E-state index contributed by atoms with van der Waals surface area (Å²) in [4.78, 5) is 0. The van der Waals surface area contributed by atoms with Crippen molar-refractivity contribution in [3.8, 4) is 6.07 Å². The minimum Gasteiger partial charge on any atom is -0.327 e. The molecular formula is C6H10N2. The number of hydrogen-bond acceptors (Lipinski definition) is 2. The molecule has 0 aromatic carbocycles. The summed E-state index contributed by atoms with van der Waals surface area (Å²) in [6, 6.07) is 2.23. The van der Waals surface area contributed by atoms with Crippen LogP contribution in [-0.4, -0.2) is 6.04 Å². The first-order valence-corrected chi connectivity index (χ1v) is 2.97. The zero-order valence-electron chi connectivity index (χ0n) is 4.80. The quantitative estimate of drug-likeness (QED) is 0.567. The zero-order valence-corrected chi connectivity index (χ0v) is 4.80. The van der Waals surface area contributed by atoms with E-state index < -0.39 is 0 Å². The fourth-order valence-corrected chi connectivity index (χ4v) is 0.796. The van der Waals surface area contributed by atoms with Crippen molar-refractivity contribution < 1.29 is 0 Å². The Hall–Kier alpha value is -0.550. The van der Waals surface area contributed by atoms with Crippen LogP contribution >= 0.6 is 0 Å². The van der Waals surface area contributed by atoms with Gasteiger partial charge >= 0.3 is 0 Å². The lowest BCUT2D eigenvalue weighted by Gasteiger charge is -2.00. The van der Waals surface area contributed by atoms with Crippen LogP contribution in [0.1, 0.15) is 19.3 Å². The van der Waals surface area contributed by atoms with E-state index in [2.05, 4.69) is 6.07 Å². The highest BCUT2D eigenvalue weighted by Gasteiger charge is 2.27. The average molecular weight is 110 g/mol. The minimum absolute atomic E-state index is 0.167. The van der Waals surface area contributed by atoms with Crippen molar-refractivity contribution in [3.63, 3.8) is 0 Å². The van der Waals surface area contributed by atoms with E-state index in [0.717, 1.165) is 0 Å². The molecule has 0 unspecified atom stereocenters. The highest BCUT2D eigenvalue weighted by molar-refractivity contribution is 4.89. The molecule has 8 heavy (non-hydrogen) atoms. The second kappa shape index (κ2) is 2.15. The van der Waals surface area contributed by atoms with E-state index in [9.17, 15) is 0 Å². The molecule has 44 valence electrons. The Morgan fingerprint density at radius 3 is 2.75 bits per heavy atom. The maximum absolute atomic E-state index is 8.18. The predicted octanol–water partition coefficient (Wildman–Crippen LogP) is 0.637. The average Bonchev–Trinajstić information content (AvgIpc) is 2.45. The van der Waals surface area contributed by atoms with Gasteiger partial charge in [-0.25, -0.2) is 0 Å². The van der Waals surface area contributed by atoms with Crippen LogP contribution in [0.2, 0.25) is 0 Å². The molecule has 1 saturated carbocycles. The van der Waals surface area contributed by atoms with Crippen molar-refractivity contribution in [2.75, 3.05) is 0 Å². The van der Waals surface area contributed by atoms with Crippen LogP contribution in [0.15, 0.2) is 0 Å². The van der Waals surface area contributed by atoms with Gasteiger partial charge in [-0.1, -0.05) is 0 Å². The van der Waals surface area contributed by atoms with Gasteiger partial charge in [0.15, 0.2) is 0 Å². The van der Waals surface area contributed by atoms with E-state index in [1.54, 1.807) is 0 Å². The monoisotopic (exact) mass is 110 g/mol. The van der Waals surface area contributed by atoms with E-state index in [-0.39, 0.29) is 6.04 Å². The van der Waals surface area contributed by atoms with Crippen molar-refractivity contribution in [1.29, 1.82) is 5.26 Å². The lowest BCUT2D eigenvalue weighted by atomic mass is 10.1. The first kappa shape index (κ1) is 5.58. The molecule has 1 rings (SSSR count). The molecule has 0 bridgehead atoms. The van der Waals surface area contributed by atoms with E-state index in [4.69, 9.17) is 11.0 Å². The number of nitrogens with zero attached hydrogens (tertiary/aromatic N) is 1. The van der Waals surface area contributed by atoms with E-state index >= 15 is 0 Å². The Labute approximate surface area is 49.3 Å². The lowest BCUT2D eigenvalue weighted by molar-refractivity contribution is 0.607. The van der Waals surface area contributed by atoms with Gasteiger partial charge in [0.2, 0.25) is 0 Å². The lowest BCUT2D eigenvalue weighted by Crippen LogP contribution is -2.20. The first-order valence-electron chi connectivity index (χ1n) is 2.97. The van der Waals surface area contributed by atoms with Crippen LogP contribution < -0.4 is 5.73 Å². The predicted molar refractivity (Wildman–Crippen MR) is 30.9 cm³/mol. The molecule has 0 heterocycles. The van der Waals surface area contributed by atoms with E-state index in [1.807, 2.05) is 0 Å². The summed E-state index contributed by atoms with van der Waals surface area (Å²) in [5, 5.41) is 8.18. The highest BCUT2D eigenvalue weighted by atomic mass is 14.7. The molecule has 1 aliphatic carbocycles. The van der Waals surface area contributed by atoms with E-state index in [0.29, 0.717) is 12.3 Å². The first-order chi connectivity index (χ1) is 3.84. The number of rotatable bonds is 2. The van der Waals surface area contributed by atoms with Gasteiger partial charge in [-0.2, -0.15) is 5.26 Å². The molecule has 1 fully saturated rings. The van der Waals surface area contributed by atoms with Crippen LogP contribution in [0.3, 0.4) is 0 Å². The molecular weight excluding hydrogens is 100 g/mol. The second-order valence-electron chi connectivity index (χ2n) is 2.36. The third kappa shape index (κ3) is 1.21. The van der Waals surface area contributed by atoms with Gasteiger partial charge in [0.05, 0.1) is 12.5 Å². The Balaban J connectivity index is 2.15. The third-order valence-corrected chi connectivity index (χ3v) is 1.55. The van der Waals surface area contributed by atoms with Gasteiger partial charge in [-0.15, -0.1) is 0 Å². The number of hydrogen-bond donors (Lipinski definition) is 1. The smallest absolute Gasteiger partial charge is 0.0638 e. The van der Waals surface area contributed by atoms with Crippen LogP contribution in [0.4, 0.5) is 0 Å². The molecule has 0 amide bonds. The number of nitriles is 1. The Bertz CT molecular complexity index is 110. The molecule has 0 aromatic rings. The van der Waals surface area contributed by atoms with Gasteiger partial charge in [0.1, 0.15) is 0 Å². The van der Waals surface area contributed by atoms with Crippen LogP contribution in [0.5, 0.6) is 0 Å². The van der Waals surface area contributed by atoms with Crippen molar-refractivity contribution in [1.82, 2.24) is 0 Å². The van der Waals surface area contributed by atoms with Gasteiger partial charge in [0.25, 0.3) is 0 Å². The highest BCUT2D eigenvalue weighted by Crippen LogP contribution is 2.32. The molecule has 0 saturated heterocycles. The van der Waals surface area contributed by atoms with Gasteiger partial charge < -0.3 is 5.73 Å². The normalized spacial score (nSPS) is 22.0. The molecule has 0 aliphatic heterocycles. The number of nitrogens with two attached hydrogens (primary N) is 1. The maximum atomic E-state index is 8.18. The molecule has 2 N–H and O–H groups in total. The summed E-state index contributed by atoms with van der Waals surface area (Å²) in [6.45, 7) is 0. The SMILES string of the molecule is N#CC[C@@H](N)C1CC1. The third-order valence-electron chi connectivity index (χ3n) is 1.55. The molecule has 0 aromatic heterocycles. The van der Waals surface area contributed by atoms with Crippen LogP contribution in [0, 0.1) is 17.2 Å². The van der Waals surface area contributed by atoms with E-state index in [1.165, 1.54) is 12.8 Å². The van der Waals surface area contributed by atoms with Crippen LogP contribution in [0.25, 0.3) is 0 Å². The van der Waals surface area contributed by atoms with Gasteiger partial charge in [0, 0.05) is 6.04 Å². The van der Waals surface area contributed by atoms with Crippen molar-refractivity contribution in [2.24, 2.45) is 11.7 Å². The summed E-state index contributed by atoms with van der Waals surface area (Å²) in [5.41, 5.74) is 5.57. The Kier molecular flexibility index (Phi) is 1.50. The largest absolute Gasteiger partial charge is 0.327 e. The molecule has 2 nitrogen and oxygen atoms in total. The standard InChI is InChI=1S/C6H10N2/c7-4-3-6(8)5-1-2-5/h5-6H,1-3,8H2/t6-/m1/s1. The van der Waals surface area contributed by atoms with Gasteiger partial charge in [-0.05, 0) is 18.8 Å². The van der Waals surface area contributed by atoms with Crippen molar-refractivity contribution >= 4 is 0 Å². The zero-order chi connectivity index (χ0) is 5.98. The molecule has 0 radical (unpaired) electrons. The summed E-state index contributed by atoms with van der Waals surface area (Å²) in [5.74, 6) is 0.676. The topological polar surface area (TPSA) is 49.8 Å². The second-order valence-corrected chi connectivity index (χ2v) is 2.36. The fourth-order valence-electron chi connectivity index (χ4n) is 0.796. The van der Waals surface area contributed by atoms with Gasteiger partial charge in [-0.3, -0.25) is 0 Å². The molecule has 0 spiro atoms. The minimum atomic E-state index is 0.167. The van der Waals surface area contributed by atoms with Crippen LogP contribution in [-0.2, 0) is 0 Å². The molecule has 2 heteroatoms. The van der Waals surface area contributed by atoms with Crippen molar-refractivity contribution in [2.45, 2.75) is 25.3 Å². The fraction of sp³-hybridized carbons (Fsp3) is 0.833. The summed E-state index contributed by atoms with van der Waals surface area (Å²) >= 11 is 0. The van der Waals surface area contributed by atoms with Crippen molar-refractivity contribution in [3.05, 3.63) is 0 Å².